The van der Waals surface area contributed by atoms with Gasteiger partial charge in [-0.25, -0.2) is 43.2 Å². The van der Waals surface area contributed by atoms with Gasteiger partial charge in [-0.1, -0.05) is 68.5 Å². The monoisotopic (exact) mass is 1070 g/mol. The first kappa shape index (κ1) is 54.2. The van der Waals surface area contributed by atoms with Crippen molar-refractivity contribution in [3.05, 3.63) is 142 Å². The van der Waals surface area contributed by atoms with Gasteiger partial charge < -0.3 is 72.2 Å². The zero-order valence-electron chi connectivity index (χ0n) is 41.6. The highest BCUT2D eigenvalue weighted by atomic mass is 16.8. The zero-order valence-corrected chi connectivity index (χ0v) is 41.6. The lowest BCUT2D eigenvalue weighted by Crippen LogP contribution is -2.56. The van der Waals surface area contributed by atoms with Gasteiger partial charge in [0.25, 0.3) is 52.6 Å². The first-order chi connectivity index (χ1) is 36.5. The lowest BCUT2D eigenvalue weighted by molar-refractivity contribution is -0.297. The van der Waals surface area contributed by atoms with Crippen LogP contribution in [0.2, 0.25) is 0 Å². The third kappa shape index (κ3) is 11.5. The number of rotatable bonds is 11. The molecule has 3 saturated heterocycles. The maximum Gasteiger partial charge on any atom is 0.348 e. The van der Waals surface area contributed by atoms with Crippen molar-refractivity contribution in [1.29, 1.82) is 0 Å². The molecule has 5 fully saturated rings. The molecule has 3 N–H and O–H groups in total. The molecule has 0 aromatic rings. The van der Waals surface area contributed by atoms with Gasteiger partial charge >= 0.3 is 53.7 Å². The van der Waals surface area contributed by atoms with Gasteiger partial charge in [-0.05, 0) is 36.5 Å². The van der Waals surface area contributed by atoms with E-state index >= 15 is 0 Å². The van der Waals surface area contributed by atoms with Crippen LogP contribution in [0.5, 0.6) is 0 Å². The molecular formula is C53H50O24. The molecule has 2 saturated carbocycles. The molecule has 6 aliphatic heterocycles. The lowest BCUT2D eigenvalue weighted by Gasteiger charge is -2.46. The number of carbonyl (C=O) groups is 9. The number of cyclic esters (lactones) is 2. The van der Waals surface area contributed by atoms with Gasteiger partial charge in [-0.2, -0.15) is 0 Å². The second-order valence-electron chi connectivity index (χ2n) is 18.6. The number of carbonyl (C=O) groups excluding carboxylic acids is 9. The normalized spacial score (nSPS) is 31.9. The molecule has 0 aromatic carbocycles. The topological polar surface area (TPSA) is 325 Å². The van der Waals surface area contributed by atoms with Gasteiger partial charge in [-0.3, -0.25) is 0 Å². The van der Waals surface area contributed by atoms with E-state index in [0.29, 0.717) is 6.42 Å². The maximum atomic E-state index is 13.1. The highest BCUT2D eigenvalue weighted by Crippen LogP contribution is 2.47. The second kappa shape index (κ2) is 20.9. The Morgan fingerprint density at radius 2 is 0.558 bits per heavy atom. The van der Waals surface area contributed by atoms with E-state index < -0.39 is 129 Å². The molecule has 24 heteroatoms. The predicted octanol–water partition coefficient (Wildman–Crippen LogP) is 5.62. The minimum Gasteiger partial charge on any atom is -0.480 e. The molecule has 2 unspecified atom stereocenters. The SMILES string of the molecule is CCC1(C)OC(=O)C(C=CC=CC=C2C(=O)OC3(CCC4(CC3)OC(=O)C(=C/C=C/C=C/C3=C(O)OC5(CCC6(CC5)OC(=O)C(=C/C=C/C=C/C5=C(O)OC(C)(CC)OC5=O)C(=O)O6)OC3=O)C(=O)O4)OC2=O)=C(O)O1. The minimum absolute atomic E-state index is 0.164. The van der Waals surface area contributed by atoms with Crippen LogP contribution in [-0.4, -0.2) is 104 Å². The van der Waals surface area contributed by atoms with Crippen LogP contribution in [0.15, 0.2) is 142 Å². The number of hydrogen-bond donors (Lipinski definition) is 3. The standard InChI is InChI=1S/C53H50O24/c1-5-48(3)66-36(54)30(37(55)67-48)16-10-7-12-18-32-40(58)70-50(71-41(32)59)22-26-52(27-23-50)74-44(62)34(45(63)75-52)20-14-9-15-21-35-46(64)76-53(77-47(35)65)28-24-51(25-29-53)72-42(60)33(43(61)73-51)19-13-8-11-17-31-38(56)68-49(4,6-2)69-39(31)57/h7-21,54,56,62H,5-6,22-29H2,1-4H3/b12-7+,13-8?,15-9+,16-10+,17-11?,20-14+,32-18?,33-19?,35-21?. The predicted molar refractivity (Wildman–Crippen MR) is 251 cm³/mol. The minimum atomic E-state index is -1.75. The summed E-state index contributed by atoms with van der Waals surface area (Å²) >= 11 is 0. The van der Waals surface area contributed by atoms with Crippen LogP contribution in [0.4, 0.5) is 0 Å². The van der Waals surface area contributed by atoms with E-state index in [1.165, 1.54) is 80.7 Å². The van der Waals surface area contributed by atoms with Crippen LogP contribution in [0, 0.1) is 0 Å². The van der Waals surface area contributed by atoms with Gasteiger partial charge in [0.1, 0.15) is 33.4 Å². The molecule has 8 aliphatic rings. The van der Waals surface area contributed by atoms with Crippen LogP contribution < -0.4 is 0 Å². The van der Waals surface area contributed by atoms with E-state index in [1.54, 1.807) is 13.8 Å². The van der Waals surface area contributed by atoms with Crippen LogP contribution in [-0.2, 0) is 100.0 Å². The van der Waals surface area contributed by atoms with E-state index in [9.17, 15) is 58.5 Å². The van der Waals surface area contributed by atoms with Crippen molar-refractivity contribution in [2.45, 2.75) is 127 Å². The Morgan fingerprint density at radius 3 is 0.805 bits per heavy atom. The number of esters is 9. The summed E-state index contributed by atoms with van der Waals surface area (Å²) in [6.45, 7) is 6.40. The molecule has 0 aromatic heterocycles. The van der Waals surface area contributed by atoms with Gasteiger partial charge in [0.2, 0.25) is 0 Å². The van der Waals surface area contributed by atoms with Crippen LogP contribution in [0.25, 0.3) is 0 Å². The Labute approximate surface area is 437 Å². The lowest BCUT2D eigenvalue weighted by atomic mass is 9.87. The highest BCUT2D eigenvalue weighted by molar-refractivity contribution is 6.17. The fourth-order valence-electron chi connectivity index (χ4n) is 8.51. The molecule has 8 rings (SSSR count). The number of allylic oxidation sites excluding steroid dienone is 12. The third-order valence-electron chi connectivity index (χ3n) is 13.2. The summed E-state index contributed by atoms with van der Waals surface area (Å²) in [7, 11) is 0. The number of aliphatic hydroxyl groups excluding tert-OH is 3. The Balaban J connectivity index is 0.788. The molecule has 2 atom stereocenters. The van der Waals surface area contributed by atoms with Crippen molar-refractivity contribution in [2.24, 2.45) is 0 Å². The summed E-state index contributed by atoms with van der Waals surface area (Å²) in [5, 5.41) is 31.0. The first-order valence-electron chi connectivity index (χ1n) is 24.1. The maximum absolute atomic E-state index is 13.1. The Morgan fingerprint density at radius 1 is 0.325 bits per heavy atom. The van der Waals surface area contributed by atoms with Gasteiger partial charge in [0.15, 0.2) is 0 Å². The van der Waals surface area contributed by atoms with Crippen molar-refractivity contribution >= 4 is 53.7 Å². The number of ether oxygens (including phenoxy) is 12. The zero-order chi connectivity index (χ0) is 55.6. The van der Waals surface area contributed by atoms with Crippen molar-refractivity contribution in [2.75, 3.05) is 0 Å². The molecule has 4 spiro atoms. The van der Waals surface area contributed by atoms with E-state index in [4.69, 9.17) is 56.8 Å². The van der Waals surface area contributed by atoms with E-state index in [-0.39, 0.29) is 68.9 Å². The summed E-state index contributed by atoms with van der Waals surface area (Å²) in [5.41, 5.74) is -2.26. The summed E-state index contributed by atoms with van der Waals surface area (Å²) < 4.78 is 65.2. The average molecular weight is 1070 g/mol. The van der Waals surface area contributed by atoms with E-state index in [1.807, 2.05) is 0 Å². The Hall–Kier alpha value is -9.09. The summed E-state index contributed by atoms with van der Waals surface area (Å²) in [4.78, 5) is 116. The number of aliphatic hydroxyl groups is 3. The first-order valence-corrected chi connectivity index (χ1v) is 24.1. The largest absolute Gasteiger partial charge is 0.480 e. The number of hydrogen-bond acceptors (Lipinski definition) is 24. The Kier molecular flexibility index (Phi) is 14.7. The molecule has 77 heavy (non-hydrogen) atoms. The van der Waals surface area contributed by atoms with Gasteiger partial charge in [0, 0.05) is 78.1 Å². The molecule has 24 nitrogen and oxygen atoms in total. The molecule has 0 bridgehead atoms. The quantitative estimate of drug-likeness (QED) is 0.0743. The van der Waals surface area contributed by atoms with Crippen LogP contribution in [0.1, 0.15) is 91.9 Å². The van der Waals surface area contributed by atoms with Crippen LogP contribution >= 0.6 is 0 Å². The molecule has 0 amide bonds. The summed E-state index contributed by atoms with van der Waals surface area (Å²) in [5.74, 6) is -20.2. The average Bonchev–Trinajstić information content (AvgIpc) is 3.35. The van der Waals surface area contributed by atoms with E-state index in [2.05, 4.69) is 0 Å². The second-order valence-corrected chi connectivity index (χ2v) is 18.6. The summed E-state index contributed by atoms with van der Waals surface area (Å²) in [6, 6.07) is 0. The fraction of sp³-hybridized carbons (Fsp3) is 0.377. The molecule has 2 aliphatic carbocycles. The van der Waals surface area contributed by atoms with Crippen molar-refractivity contribution < 1.29 is 115 Å². The van der Waals surface area contributed by atoms with Crippen molar-refractivity contribution in [1.82, 2.24) is 0 Å². The highest BCUT2D eigenvalue weighted by Gasteiger charge is 2.58. The molecule has 406 valence electrons. The Bertz CT molecular complexity index is 2920. The van der Waals surface area contributed by atoms with Gasteiger partial charge in [0.05, 0.1) is 0 Å². The third-order valence-corrected chi connectivity index (χ3v) is 13.2. The van der Waals surface area contributed by atoms with Crippen LogP contribution in [0.3, 0.4) is 0 Å². The summed E-state index contributed by atoms with van der Waals surface area (Å²) in [6.07, 6.45) is 17.8. The van der Waals surface area contributed by atoms with Gasteiger partial charge in [-0.15, -0.1) is 0 Å². The molecule has 0 radical (unpaired) electrons. The molecule has 6 heterocycles. The fourth-order valence-corrected chi connectivity index (χ4v) is 8.51. The molecular weight excluding hydrogens is 1020 g/mol. The van der Waals surface area contributed by atoms with Crippen molar-refractivity contribution in [3.8, 4) is 0 Å². The smallest absolute Gasteiger partial charge is 0.348 e. The van der Waals surface area contributed by atoms with Crippen molar-refractivity contribution in [3.63, 3.8) is 0 Å². The van der Waals surface area contributed by atoms with E-state index in [0.717, 1.165) is 24.3 Å².